The number of rotatable bonds is 6. The predicted molar refractivity (Wildman–Crippen MR) is 117 cm³/mol. The quantitative estimate of drug-likeness (QED) is 0.715. The number of likely N-dealkylation sites (tertiary alicyclic amines) is 1. The first kappa shape index (κ1) is 21.5. The molecular formula is C23H31N5O3. The fourth-order valence-corrected chi connectivity index (χ4v) is 5.26. The van der Waals surface area contributed by atoms with E-state index >= 15 is 0 Å². The average molecular weight is 426 g/mol. The van der Waals surface area contributed by atoms with E-state index in [0.717, 1.165) is 37.4 Å². The van der Waals surface area contributed by atoms with Gasteiger partial charge in [0.2, 0.25) is 5.91 Å². The molecule has 1 saturated heterocycles. The molecule has 1 amide bonds. The molecule has 0 spiro atoms. The number of amides is 1. The predicted octanol–water partition coefficient (Wildman–Crippen LogP) is 2.46. The van der Waals surface area contributed by atoms with E-state index < -0.39 is 0 Å². The number of fused-ring (bicyclic) bond motifs is 1. The molecule has 2 fully saturated rings. The van der Waals surface area contributed by atoms with Gasteiger partial charge in [-0.2, -0.15) is 5.10 Å². The van der Waals surface area contributed by atoms with Gasteiger partial charge in [0.25, 0.3) is 0 Å². The number of pyridine rings is 1. The fourth-order valence-electron chi connectivity index (χ4n) is 5.26. The summed E-state index contributed by atoms with van der Waals surface area (Å²) in [6, 6.07) is 6.01. The van der Waals surface area contributed by atoms with Crippen LogP contribution in [0.4, 0.5) is 5.82 Å². The van der Waals surface area contributed by atoms with Crippen molar-refractivity contribution in [2.75, 3.05) is 25.5 Å². The lowest BCUT2D eigenvalue weighted by Gasteiger charge is -2.37. The molecule has 3 heterocycles. The van der Waals surface area contributed by atoms with Gasteiger partial charge in [-0.3, -0.25) is 14.3 Å². The Balaban J connectivity index is 1.42. The van der Waals surface area contributed by atoms with E-state index in [9.17, 15) is 9.59 Å². The van der Waals surface area contributed by atoms with Crippen molar-refractivity contribution in [1.29, 1.82) is 0 Å². The highest BCUT2D eigenvalue weighted by Gasteiger charge is 2.43. The lowest BCUT2D eigenvalue weighted by Crippen LogP contribution is -2.44. The molecule has 4 rings (SSSR count). The SMILES string of the molecule is CO[C@@H]1C[C@H]2CN(C(=O)Cn3nc(C)c(C(C)=O)c3C)C[C@H]2C[C@H]1Nc1ccccn1. The number of aromatic nitrogens is 3. The zero-order valence-corrected chi connectivity index (χ0v) is 18.7. The molecule has 1 aliphatic carbocycles. The summed E-state index contributed by atoms with van der Waals surface area (Å²) in [5.74, 6) is 1.76. The number of aryl methyl sites for hydroxylation is 1. The van der Waals surface area contributed by atoms with Gasteiger partial charge in [-0.15, -0.1) is 0 Å². The summed E-state index contributed by atoms with van der Waals surface area (Å²) in [5.41, 5.74) is 2.06. The second-order valence-corrected chi connectivity index (χ2v) is 8.79. The molecule has 8 heteroatoms. The van der Waals surface area contributed by atoms with Crippen molar-refractivity contribution < 1.29 is 14.3 Å². The first-order valence-corrected chi connectivity index (χ1v) is 10.9. The van der Waals surface area contributed by atoms with Crippen molar-refractivity contribution in [3.63, 3.8) is 0 Å². The van der Waals surface area contributed by atoms with Crippen LogP contribution in [0.1, 0.15) is 41.5 Å². The Morgan fingerprint density at radius 3 is 2.55 bits per heavy atom. The minimum absolute atomic E-state index is 0.0158. The molecule has 2 aromatic heterocycles. The van der Waals surface area contributed by atoms with Gasteiger partial charge in [0.1, 0.15) is 12.4 Å². The highest BCUT2D eigenvalue weighted by molar-refractivity contribution is 5.96. The Morgan fingerprint density at radius 1 is 1.19 bits per heavy atom. The Labute approximate surface area is 183 Å². The molecule has 4 atom stereocenters. The van der Waals surface area contributed by atoms with Crippen molar-refractivity contribution in [3.05, 3.63) is 41.3 Å². The Kier molecular flexibility index (Phi) is 6.09. The van der Waals surface area contributed by atoms with E-state index in [2.05, 4.69) is 15.4 Å². The Hall–Kier alpha value is -2.74. The number of hydrogen-bond acceptors (Lipinski definition) is 6. The van der Waals surface area contributed by atoms with Crippen LogP contribution in [0, 0.1) is 25.7 Å². The largest absolute Gasteiger partial charge is 0.379 e. The van der Waals surface area contributed by atoms with Crippen LogP contribution in [0.2, 0.25) is 0 Å². The number of carbonyl (C=O) groups excluding carboxylic acids is 2. The van der Waals surface area contributed by atoms with E-state index in [1.807, 2.05) is 36.9 Å². The topological polar surface area (TPSA) is 89.4 Å². The molecule has 1 saturated carbocycles. The van der Waals surface area contributed by atoms with Gasteiger partial charge in [0, 0.05) is 32.1 Å². The summed E-state index contributed by atoms with van der Waals surface area (Å²) < 4.78 is 7.46. The zero-order chi connectivity index (χ0) is 22.1. The van der Waals surface area contributed by atoms with Crippen molar-refractivity contribution in [2.45, 2.75) is 52.3 Å². The molecule has 2 aromatic rings. The third-order valence-electron chi connectivity index (χ3n) is 6.79. The average Bonchev–Trinajstić information content (AvgIpc) is 3.28. The zero-order valence-electron chi connectivity index (χ0n) is 18.7. The third-order valence-corrected chi connectivity index (χ3v) is 6.79. The van der Waals surface area contributed by atoms with Crippen LogP contribution in [-0.2, 0) is 16.1 Å². The van der Waals surface area contributed by atoms with Gasteiger partial charge in [-0.25, -0.2) is 4.98 Å². The van der Waals surface area contributed by atoms with Gasteiger partial charge in [-0.1, -0.05) is 6.07 Å². The molecule has 1 aliphatic heterocycles. The van der Waals surface area contributed by atoms with Crippen LogP contribution in [0.5, 0.6) is 0 Å². The number of nitrogens with zero attached hydrogens (tertiary/aromatic N) is 4. The van der Waals surface area contributed by atoms with Gasteiger partial charge >= 0.3 is 0 Å². The first-order chi connectivity index (χ1) is 14.9. The molecule has 0 bridgehead atoms. The number of carbonyl (C=O) groups is 2. The van der Waals surface area contributed by atoms with Crippen molar-refractivity contribution in [1.82, 2.24) is 19.7 Å². The first-order valence-electron chi connectivity index (χ1n) is 10.9. The van der Waals surface area contributed by atoms with Crippen LogP contribution in [0.3, 0.4) is 0 Å². The van der Waals surface area contributed by atoms with E-state index in [4.69, 9.17) is 4.74 Å². The third kappa shape index (κ3) is 4.35. The Morgan fingerprint density at radius 2 is 1.94 bits per heavy atom. The molecule has 0 unspecified atom stereocenters. The van der Waals surface area contributed by atoms with E-state index in [0.29, 0.717) is 23.1 Å². The number of Topliss-reactive ketones (excluding diaryl/α,β-unsaturated/α-hetero) is 1. The van der Waals surface area contributed by atoms with E-state index in [1.165, 1.54) is 6.92 Å². The number of ketones is 1. The smallest absolute Gasteiger partial charge is 0.244 e. The maximum absolute atomic E-state index is 13.0. The minimum atomic E-state index is -0.0158. The van der Waals surface area contributed by atoms with Crippen LogP contribution >= 0.6 is 0 Å². The van der Waals surface area contributed by atoms with E-state index in [-0.39, 0.29) is 30.4 Å². The van der Waals surface area contributed by atoms with Gasteiger partial charge in [0.05, 0.1) is 23.4 Å². The molecular weight excluding hydrogens is 394 g/mol. The highest BCUT2D eigenvalue weighted by atomic mass is 16.5. The van der Waals surface area contributed by atoms with Crippen LogP contribution < -0.4 is 5.32 Å². The summed E-state index contributed by atoms with van der Waals surface area (Å²) in [5, 5.41) is 7.95. The minimum Gasteiger partial charge on any atom is -0.379 e. The maximum Gasteiger partial charge on any atom is 0.244 e. The molecule has 1 N–H and O–H groups in total. The lowest BCUT2D eigenvalue weighted by molar-refractivity contribution is -0.131. The summed E-state index contributed by atoms with van der Waals surface area (Å²) in [7, 11) is 1.76. The summed E-state index contributed by atoms with van der Waals surface area (Å²) in [4.78, 5) is 31.2. The fraction of sp³-hybridized carbons (Fsp3) is 0.565. The molecule has 0 radical (unpaired) electrons. The van der Waals surface area contributed by atoms with Crippen LogP contribution in [0.15, 0.2) is 24.4 Å². The molecule has 2 aliphatic rings. The van der Waals surface area contributed by atoms with Gasteiger partial charge < -0.3 is 15.0 Å². The second-order valence-electron chi connectivity index (χ2n) is 8.79. The normalized spacial score (nSPS) is 25.4. The van der Waals surface area contributed by atoms with Crippen LogP contribution in [-0.4, -0.2) is 63.7 Å². The number of anilines is 1. The van der Waals surface area contributed by atoms with Gasteiger partial charge in [-0.05, 0) is 57.6 Å². The molecule has 8 nitrogen and oxygen atoms in total. The van der Waals surface area contributed by atoms with Gasteiger partial charge in [0.15, 0.2) is 5.78 Å². The Bertz CT molecular complexity index is 958. The molecule has 166 valence electrons. The van der Waals surface area contributed by atoms with Crippen molar-refractivity contribution >= 4 is 17.5 Å². The highest BCUT2D eigenvalue weighted by Crippen LogP contribution is 2.38. The number of nitrogens with one attached hydrogen (secondary N) is 1. The summed E-state index contributed by atoms with van der Waals surface area (Å²) in [6.45, 7) is 6.87. The van der Waals surface area contributed by atoms with Crippen LogP contribution in [0.25, 0.3) is 0 Å². The summed E-state index contributed by atoms with van der Waals surface area (Å²) >= 11 is 0. The standard InChI is InChI=1S/C23H31N5O3/c1-14-23(16(3)29)15(2)28(26-14)13-22(30)27-11-17-9-19(20(31-4)10-18(17)12-27)25-21-7-5-6-8-24-21/h5-8,17-20H,9-13H2,1-4H3,(H,24,25)/t17-,18+,19-,20-/m1/s1. The monoisotopic (exact) mass is 425 g/mol. The molecule has 0 aromatic carbocycles. The maximum atomic E-state index is 13.0. The number of methoxy groups -OCH3 is 1. The number of ether oxygens (including phenoxy) is 1. The summed E-state index contributed by atoms with van der Waals surface area (Å²) in [6.07, 6.45) is 3.73. The number of hydrogen-bond donors (Lipinski definition) is 1. The van der Waals surface area contributed by atoms with Crippen molar-refractivity contribution in [2.24, 2.45) is 11.8 Å². The second kappa shape index (κ2) is 8.78. The lowest BCUT2D eigenvalue weighted by atomic mass is 9.77. The van der Waals surface area contributed by atoms with Crippen molar-refractivity contribution in [3.8, 4) is 0 Å². The molecule has 31 heavy (non-hydrogen) atoms. The van der Waals surface area contributed by atoms with E-state index in [1.54, 1.807) is 18.0 Å².